The summed E-state index contributed by atoms with van der Waals surface area (Å²) in [7, 11) is -3.39. The molecule has 1 fully saturated rings. The van der Waals surface area contributed by atoms with E-state index in [1.54, 1.807) is 7.11 Å². The summed E-state index contributed by atoms with van der Waals surface area (Å²) in [6.07, 6.45) is 5.27. The molecule has 1 saturated heterocycles. The van der Waals surface area contributed by atoms with E-state index in [4.69, 9.17) is 4.74 Å². The average Bonchev–Trinajstić information content (AvgIpc) is 2.84. The van der Waals surface area contributed by atoms with E-state index in [-0.39, 0.29) is 30.3 Å². The highest BCUT2D eigenvalue weighted by Crippen LogP contribution is 2.28. The molecule has 36 heavy (non-hydrogen) atoms. The Morgan fingerprint density at radius 1 is 1.22 bits per heavy atom. The molecule has 2 aliphatic rings. The van der Waals surface area contributed by atoms with E-state index in [0.717, 1.165) is 16.9 Å². The molecule has 2 amide bonds. The molecular weight excluding hydrogens is 494 g/mol. The van der Waals surface area contributed by atoms with Crippen LogP contribution in [-0.2, 0) is 19.4 Å². The Labute approximate surface area is 214 Å². The summed E-state index contributed by atoms with van der Waals surface area (Å²) in [5.41, 5.74) is 1.21. The summed E-state index contributed by atoms with van der Waals surface area (Å²) in [4.78, 5) is 26.6. The first-order valence-electron chi connectivity index (χ1n) is 12.2. The zero-order valence-corrected chi connectivity index (χ0v) is 23.2. The summed E-state index contributed by atoms with van der Waals surface area (Å²) in [6.45, 7) is 6.32. The van der Waals surface area contributed by atoms with Crippen LogP contribution >= 0.6 is 0 Å². The number of hydrogen-bond donors (Lipinski definition) is 2. The molecule has 0 aromatic heterocycles. The zero-order chi connectivity index (χ0) is 26.6. The smallest absolute Gasteiger partial charge is 0.247 e. The van der Waals surface area contributed by atoms with Gasteiger partial charge in [-0.1, -0.05) is 37.8 Å². The van der Waals surface area contributed by atoms with Gasteiger partial charge in [0, 0.05) is 13.6 Å². The first kappa shape index (κ1) is 27.7. The number of sulfone groups is 1. The highest BCUT2D eigenvalue weighted by molar-refractivity contribution is 7.91. The van der Waals surface area contributed by atoms with E-state index in [1.807, 2.05) is 30.3 Å². The largest absolute Gasteiger partial charge is 0.497 e. The van der Waals surface area contributed by atoms with Gasteiger partial charge in [-0.2, -0.15) is 5.26 Å². The zero-order valence-electron chi connectivity index (χ0n) is 21.4. The highest BCUT2D eigenvalue weighted by atomic mass is 32.2. The monoisotopic (exact) mass is 529 g/mol. The normalized spacial score (nSPS) is 19.6. The van der Waals surface area contributed by atoms with Gasteiger partial charge in [-0.25, -0.2) is 8.42 Å². The average molecular weight is 530 g/mol. The van der Waals surface area contributed by atoms with E-state index >= 15 is 0 Å². The molecule has 0 spiro atoms. The van der Waals surface area contributed by atoms with Gasteiger partial charge in [0.1, 0.15) is 17.3 Å². The maximum atomic E-state index is 13.3. The van der Waals surface area contributed by atoms with Crippen molar-refractivity contribution in [2.75, 3.05) is 18.6 Å². The number of ether oxygens (including phenoxy) is 1. The number of nitriles is 1. The van der Waals surface area contributed by atoms with E-state index in [9.17, 15) is 23.3 Å². The van der Waals surface area contributed by atoms with Crippen LogP contribution in [-0.4, -0.2) is 58.5 Å². The van der Waals surface area contributed by atoms with Crippen molar-refractivity contribution in [3.05, 3.63) is 47.6 Å². The Hall–Kier alpha value is -2.90. The number of rotatable bonds is 8. The Kier molecular flexibility index (Phi) is 8.47. The Morgan fingerprint density at radius 2 is 1.92 bits per heavy atom. The van der Waals surface area contributed by atoms with Crippen LogP contribution in [0.1, 0.15) is 31.2 Å². The lowest BCUT2D eigenvalue weighted by Gasteiger charge is -2.34. The van der Waals surface area contributed by atoms with Crippen LogP contribution in [0.4, 0.5) is 0 Å². The van der Waals surface area contributed by atoms with Crippen LogP contribution in [0.15, 0.2) is 42.0 Å². The quantitative estimate of drug-likeness (QED) is 0.498. The number of allylic oxidation sites excluding steroid dienone is 3. The van der Waals surface area contributed by atoms with Crippen LogP contribution in [0.5, 0.6) is 5.75 Å². The summed E-state index contributed by atoms with van der Waals surface area (Å²) in [5, 5.41) is 15.5. The van der Waals surface area contributed by atoms with Gasteiger partial charge in [-0.3, -0.25) is 9.59 Å². The van der Waals surface area contributed by atoms with Gasteiger partial charge in [0.15, 0.2) is 9.84 Å². The number of carbonyl (C=O) groups excluding carboxylic acids is 2. The molecule has 1 heterocycles. The minimum atomic E-state index is -3.20. The highest BCUT2D eigenvalue weighted by Gasteiger charge is 2.41. The Morgan fingerprint density at radius 3 is 2.53 bits per heavy atom. The molecule has 3 rings (SSSR count). The lowest BCUT2D eigenvalue weighted by atomic mass is 9.93. The van der Waals surface area contributed by atoms with Crippen LogP contribution in [0, 0.1) is 11.3 Å². The molecule has 194 valence electrons. The number of hydrogen-bond acceptors (Lipinski definition) is 6. The van der Waals surface area contributed by atoms with Crippen molar-refractivity contribution in [1.82, 2.24) is 10.6 Å². The molecule has 10 heteroatoms. The number of methoxy groups -OCH3 is 1. The molecule has 1 aromatic rings. The number of amides is 2. The van der Waals surface area contributed by atoms with Gasteiger partial charge in [0.2, 0.25) is 11.8 Å². The molecule has 2 N–H and O–H groups in total. The van der Waals surface area contributed by atoms with Crippen molar-refractivity contribution >= 4 is 35.3 Å². The molecule has 1 atom stereocenters. The summed E-state index contributed by atoms with van der Waals surface area (Å²) in [6, 6.07) is 9.44. The Bertz CT molecular complexity index is 1210. The minimum absolute atomic E-state index is 0.0467. The van der Waals surface area contributed by atoms with Crippen molar-refractivity contribution in [1.29, 1.82) is 5.26 Å². The molecule has 0 radical (unpaired) electrons. The fourth-order valence-corrected chi connectivity index (χ4v) is 7.47. The molecule has 1 aliphatic heterocycles. The van der Waals surface area contributed by atoms with Crippen LogP contribution < -0.4 is 15.4 Å². The van der Waals surface area contributed by atoms with Gasteiger partial charge >= 0.3 is 0 Å². The van der Waals surface area contributed by atoms with Gasteiger partial charge in [0.05, 0.1) is 24.7 Å². The first-order valence-corrected chi connectivity index (χ1v) is 17.7. The summed E-state index contributed by atoms with van der Waals surface area (Å²) < 4.78 is 29.0. The van der Waals surface area contributed by atoms with Crippen molar-refractivity contribution in [2.45, 2.75) is 62.9 Å². The van der Waals surface area contributed by atoms with E-state index in [1.165, 1.54) is 0 Å². The van der Waals surface area contributed by atoms with Crippen molar-refractivity contribution in [3.8, 4) is 11.8 Å². The minimum Gasteiger partial charge on any atom is -0.497 e. The third-order valence-electron chi connectivity index (χ3n) is 6.50. The molecule has 0 saturated carbocycles. The van der Waals surface area contributed by atoms with E-state index in [0.29, 0.717) is 24.5 Å². The second kappa shape index (κ2) is 11.0. The standard InChI is InChI=1S/C26H35N3O5SSi/c1-34-22-10-6-8-20(16-22)19-7-5-9-21(15-19)24(30)28-23(17-36(2,3)4)25(31)29-26(18-27)11-13-35(32,33)14-12-26/h6-8,10,15-16,23H,5,9,11-14,17H2,1-4H3,(H,28,30)(H,29,31). The maximum Gasteiger partial charge on any atom is 0.247 e. The van der Waals surface area contributed by atoms with Crippen molar-refractivity contribution in [3.63, 3.8) is 0 Å². The molecular formula is C26H35N3O5SSi. The second-order valence-electron chi connectivity index (χ2n) is 10.7. The topological polar surface area (TPSA) is 125 Å². The lowest BCUT2D eigenvalue weighted by Crippen LogP contribution is -2.58. The van der Waals surface area contributed by atoms with Gasteiger partial charge in [-0.15, -0.1) is 0 Å². The Balaban J connectivity index is 1.78. The molecule has 0 bridgehead atoms. The van der Waals surface area contributed by atoms with Crippen molar-refractivity contribution < 1.29 is 22.7 Å². The summed E-state index contributed by atoms with van der Waals surface area (Å²) in [5.74, 6) is -0.297. The molecule has 1 aliphatic carbocycles. The molecule has 8 nitrogen and oxygen atoms in total. The fraction of sp³-hybridized carbons (Fsp3) is 0.500. The van der Waals surface area contributed by atoms with Crippen LogP contribution in [0.3, 0.4) is 0 Å². The van der Waals surface area contributed by atoms with Gasteiger partial charge in [-0.05, 0) is 61.1 Å². The number of benzene rings is 1. The predicted octanol–water partition coefficient (Wildman–Crippen LogP) is 3.21. The van der Waals surface area contributed by atoms with Gasteiger partial charge in [0.25, 0.3) is 0 Å². The first-order chi connectivity index (χ1) is 16.9. The number of nitrogens with zero attached hydrogens (tertiary/aromatic N) is 1. The summed E-state index contributed by atoms with van der Waals surface area (Å²) >= 11 is 0. The number of carbonyl (C=O) groups is 2. The third-order valence-corrected chi connectivity index (χ3v) is 9.78. The predicted molar refractivity (Wildman–Crippen MR) is 143 cm³/mol. The van der Waals surface area contributed by atoms with Crippen LogP contribution in [0.2, 0.25) is 25.7 Å². The van der Waals surface area contributed by atoms with Crippen LogP contribution in [0.25, 0.3) is 5.57 Å². The molecule has 1 unspecified atom stereocenters. The van der Waals surface area contributed by atoms with Crippen molar-refractivity contribution in [2.24, 2.45) is 0 Å². The van der Waals surface area contributed by atoms with Gasteiger partial charge < -0.3 is 15.4 Å². The lowest BCUT2D eigenvalue weighted by molar-refractivity contribution is -0.128. The SMILES string of the molecule is COc1cccc(C2=CCCC(C(=O)NC(C[Si](C)(C)C)C(=O)NC3(C#N)CCS(=O)(=O)CC3)=C2)c1. The second-order valence-corrected chi connectivity index (χ2v) is 18.6. The third kappa shape index (κ3) is 7.31. The molecule has 1 aromatic carbocycles. The maximum absolute atomic E-state index is 13.3. The van der Waals surface area contributed by atoms with E-state index < -0.39 is 35.4 Å². The fourth-order valence-electron chi connectivity index (χ4n) is 4.43. The number of nitrogens with one attached hydrogen (secondary N) is 2. The van der Waals surface area contributed by atoms with E-state index in [2.05, 4.69) is 42.4 Å².